The summed E-state index contributed by atoms with van der Waals surface area (Å²) in [7, 11) is 0. The van der Waals surface area contributed by atoms with Gasteiger partial charge in [-0.1, -0.05) is 0 Å². The number of carboxylic acids is 1. The van der Waals surface area contributed by atoms with Crippen molar-refractivity contribution in [1.29, 1.82) is 0 Å². The maximum absolute atomic E-state index is 12.7. The van der Waals surface area contributed by atoms with Crippen LogP contribution >= 0.6 is 0 Å². The second kappa shape index (κ2) is 3.24. The number of aliphatic hydroxyl groups is 1. The summed E-state index contributed by atoms with van der Waals surface area (Å²) >= 11 is 0. The summed E-state index contributed by atoms with van der Waals surface area (Å²) in [5.74, 6) is -1.64. The number of fused-ring (bicyclic) bond motifs is 1. The molecule has 1 heterocycles. The van der Waals surface area contributed by atoms with Crippen LogP contribution in [0, 0.1) is 0 Å². The maximum atomic E-state index is 12.7. The normalized spacial score (nSPS) is 19.9. The molecule has 0 spiro atoms. The molecule has 0 bridgehead atoms. The molecule has 0 saturated heterocycles. The van der Waals surface area contributed by atoms with Crippen molar-refractivity contribution in [2.45, 2.75) is 25.1 Å². The number of carbonyl (C=O) groups is 1. The van der Waals surface area contributed by atoms with Crippen molar-refractivity contribution in [3.8, 4) is 0 Å². The lowest BCUT2D eigenvalue weighted by Crippen LogP contribution is -2.15. The van der Waals surface area contributed by atoms with E-state index < -0.39 is 29.5 Å². The molecular formula is C9H8F3NO3. The molecule has 1 atom stereocenters. The Kier molecular flexibility index (Phi) is 2.23. The van der Waals surface area contributed by atoms with Gasteiger partial charge in [-0.25, -0.2) is 4.79 Å². The number of nitrogens with one attached hydrogen (secondary N) is 1. The molecular weight excluding hydrogens is 227 g/mol. The molecule has 1 aliphatic carbocycles. The summed E-state index contributed by atoms with van der Waals surface area (Å²) in [6, 6.07) is 0. The number of aromatic carboxylic acids is 1. The lowest BCUT2D eigenvalue weighted by Gasteiger charge is -2.08. The van der Waals surface area contributed by atoms with Gasteiger partial charge in [-0.15, -0.1) is 0 Å². The zero-order chi connectivity index (χ0) is 12.1. The van der Waals surface area contributed by atoms with Gasteiger partial charge in [-0.2, -0.15) is 13.2 Å². The number of aromatic amines is 1. The molecule has 88 valence electrons. The van der Waals surface area contributed by atoms with Crippen LogP contribution in [0.5, 0.6) is 0 Å². The van der Waals surface area contributed by atoms with E-state index in [4.69, 9.17) is 5.11 Å². The van der Waals surface area contributed by atoms with E-state index in [0.29, 0.717) is 0 Å². The first kappa shape index (κ1) is 11.0. The van der Waals surface area contributed by atoms with Crippen molar-refractivity contribution >= 4 is 5.97 Å². The molecule has 0 amide bonds. The van der Waals surface area contributed by atoms with Crippen LogP contribution in [0.2, 0.25) is 0 Å². The van der Waals surface area contributed by atoms with Crippen molar-refractivity contribution < 1.29 is 28.2 Å². The van der Waals surface area contributed by atoms with Crippen molar-refractivity contribution in [1.82, 2.24) is 4.98 Å². The smallest absolute Gasteiger partial charge is 0.419 e. The SMILES string of the molecule is O=C(O)c1[nH]c2c(c1C(F)(F)F)C[C@@H](O)C2. The molecule has 0 radical (unpaired) electrons. The molecule has 4 nitrogen and oxygen atoms in total. The second-order valence-corrected chi connectivity index (χ2v) is 3.70. The number of hydrogen-bond acceptors (Lipinski definition) is 2. The van der Waals surface area contributed by atoms with Gasteiger partial charge in [0, 0.05) is 18.5 Å². The summed E-state index contributed by atoms with van der Waals surface area (Å²) in [5, 5.41) is 17.9. The van der Waals surface area contributed by atoms with Gasteiger partial charge in [0.2, 0.25) is 0 Å². The third kappa shape index (κ3) is 1.57. The zero-order valence-corrected chi connectivity index (χ0v) is 7.93. The minimum Gasteiger partial charge on any atom is -0.477 e. The second-order valence-electron chi connectivity index (χ2n) is 3.70. The fourth-order valence-electron chi connectivity index (χ4n) is 2.01. The van der Waals surface area contributed by atoms with E-state index in [1.54, 1.807) is 0 Å². The van der Waals surface area contributed by atoms with Crippen LogP contribution < -0.4 is 0 Å². The Labute approximate surface area is 87.7 Å². The van der Waals surface area contributed by atoms with Crippen LogP contribution in [0.1, 0.15) is 27.3 Å². The fraction of sp³-hybridized carbons (Fsp3) is 0.444. The number of aromatic nitrogens is 1. The fourth-order valence-corrected chi connectivity index (χ4v) is 2.01. The molecule has 3 N–H and O–H groups in total. The van der Waals surface area contributed by atoms with Gasteiger partial charge in [0.05, 0.1) is 11.7 Å². The monoisotopic (exact) mass is 235 g/mol. The largest absolute Gasteiger partial charge is 0.477 e. The van der Waals surface area contributed by atoms with Crippen LogP contribution in [-0.4, -0.2) is 27.3 Å². The molecule has 0 aromatic carbocycles. The molecule has 0 aliphatic heterocycles. The summed E-state index contributed by atoms with van der Waals surface area (Å²) in [6.45, 7) is 0. The van der Waals surface area contributed by atoms with Gasteiger partial charge in [-0.05, 0) is 5.56 Å². The van der Waals surface area contributed by atoms with E-state index in [2.05, 4.69) is 4.98 Å². The van der Waals surface area contributed by atoms with Crippen LogP contribution in [0.3, 0.4) is 0 Å². The first-order chi connectivity index (χ1) is 7.30. The highest BCUT2D eigenvalue weighted by Crippen LogP contribution is 2.39. The van der Waals surface area contributed by atoms with Gasteiger partial charge in [0.25, 0.3) is 0 Å². The predicted octanol–water partition coefficient (Wildman–Crippen LogP) is 1.19. The highest BCUT2D eigenvalue weighted by atomic mass is 19.4. The van der Waals surface area contributed by atoms with Gasteiger partial charge in [0.15, 0.2) is 0 Å². The van der Waals surface area contributed by atoms with Gasteiger partial charge in [-0.3, -0.25) is 0 Å². The molecule has 1 aromatic heterocycles. The van der Waals surface area contributed by atoms with Crippen molar-refractivity contribution in [3.05, 3.63) is 22.5 Å². The van der Waals surface area contributed by atoms with Crippen LogP contribution in [-0.2, 0) is 19.0 Å². The molecule has 2 rings (SSSR count). The van der Waals surface area contributed by atoms with Crippen molar-refractivity contribution in [2.75, 3.05) is 0 Å². The Morgan fingerprint density at radius 3 is 2.50 bits per heavy atom. The summed E-state index contributed by atoms with van der Waals surface area (Å²) in [6.07, 6.45) is -5.72. The molecule has 1 aromatic rings. The minimum absolute atomic E-state index is 0.0334. The van der Waals surface area contributed by atoms with E-state index in [1.807, 2.05) is 0 Å². The first-order valence-corrected chi connectivity index (χ1v) is 4.53. The summed E-state index contributed by atoms with van der Waals surface area (Å²) in [5.41, 5.74) is -1.97. The Bertz CT molecular complexity index is 450. The maximum Gasteiger partial charge on any atom is 0.419 e. The average Bonchev–Trinajstić information content (AvgIpc) is 2.56. The minimum atomic E-state index is -4.72. The van der Waals surface area contributed by atoms with Crippen molar-refractivity contribution in [2.24, 2.45) is 0 Å². The number of halogens is 3. The number of rotatable bonds is 1. The van der Waals surface area contributed by atoms with E-state index in [0.717, 1.165) is 0 Å². The number of hydrogen-bond donors (Lipinski definition) is 3. The predicted molar refractivity (Wildman–Crippen MR) is 46.2 cm³/mol. The third-order valence-electron chi connectivity index (χ3n) is 2.57. The highest BCUT2D eigenvalue weighted by molar-refractivity contribution is 5.88. The van der Waals surface area contributed by atoms with E-state index in [1.165, 1.54) is 0 Å². The molecule has 1 aliphatic rings. The van der Waals surface area contributed by atoms with Crippen molar-refractivity contribution in [3.63, 3.8) is 0 Å². The molecule has 0 saturated carbocycles. The Balaban J connectivity index is 2.60. The van der Waals surface area contributed by atoms with Crippen LogP contribution in [0.15, 0.2) is 0 Å². The first-order valence-electron chi connectivity index (χ1n) is 4.53. The molecule has 7 heteroatoms. The number of carboxylic acid groups (broad SMARTS) is 1. The molecule has 0 fully saturated rings. The molecule has 0 unspecified atom stereocenters. The Morgan fingerprint density at radius 2 is 2.00 bits per heavy atom. The van der Waals surface area contributed by atoms with E-state index in [-0.39, 0.29) is 24.1 Å². The Morgan fingerprint density at radius 1 is 1.38 bits per heavy atom. The Hall–Kier alpha value is -1.50. The van der Waals surface area contributed by atoms with Crippen LogP contribution in [0.25, 0.3) is 0 Å². The van der Waals surface area contributed by atoms with Gasteiger partial charge in [0.1, 0.15) is 5.69 Å². The number of aliphatic hydroxyl groups excluding tert-OH is 1. The number of H-pyrrole nitrogens is 1. The lowest BCUT2D eigenvalue weighted by molar-refractivity contribution is -0.138. The zero-order valence-electron chi connectivity index (χ0n) is 7.93. The highest BCUT2D eigenvalue weighted by Gasteiger charge is 2.43. The molecule has 16 heavy (non-hydrogen) atoms. The van der Waals surface area contributed by atoms with Crippen LogP contribution in [0.4, 0.5) is 13.2 Å². The van der Waals surface area contributed by atoms with E-state index >= 15 is 0 Å². The van der Waals surface area contributed by atoms with Gasteiger partial charge < -0.3 is 15.2 Å². The third-order valence-corrected chi connectivity index (χ3v) is 2.57. The standard InChI is InChI=1S/C9H8F3NO3/c10-9(11,12)6-4-1-3(14)2-5(4)13-7(6)8(15)16/h3,13-14H,1-2H2,(H,15,16)/t3-/m1/s1. The summed E-state index contributed by atoms with van der Waals surface area (Å²) < 4.78 is 38.0. The number of alkyl halides is 3. The topological polar surface area (TPSA) is 73.3 Å². The summed E-state index contributed by atoms with van der Waals surface area (Å²) in [4.78, 5) is 12.9. The average molecular weight is 235 g/mol. The van der Waals surface area contributed by atoms with E-state index in [9.17, 15) is 23.1 Å². The van der Waals surface area contributed by atoms with Gasteiger partial charge >= 0.3 is 12.1 Å². The lowest BCUT2D eigenvalue weighted by atomic mass is 10.1. The quantitative estimate of drug-likeness (QED) is 0.684.